The van der Waals surface area contributed by atoms with Gasteiger partial charge in [0.05, 0.1) is 29.5 Å². The van der Waals surface area contributed by atoms with Gasteiger partial charge in [-0.1, -0.05) is 23.4 Å². The molecule has 4 heterocycles. The quantitative estimate of drug-likeness (QED) is 0.266. The van der Waals surface area contributed by atoms with E-state index in [1.54, 1.807) is 46.6 Å². The molecule has 1 unspecified atom stereocenters. The van der Waals surface area contributed by atoms with Crippen LogP contribution in [-0.4, -0.2) is 43.1 Å². The monoisotopic (exact) mass is 617 g/mol. The van der Waals surface area contributed by atoms with Crippen LogP contribution in [-0.2, 0) is 11.3 Å². The summed E-state index contributed by atoms with van der Waals surface area (Å²) in [5, 5.41) is 15.5. The lowest BCUT2D eigenvalue weighted by Crippen LogP contribution is -2.36. The third-order valence-corrected chi connectivity index (χ3v) is 7.43. The van der Waals surface area contributed by atoms with E-state index in [9.17, 15) is 14.0 Å². The van der Waals surface area contributed by atoms with Crippen molar-refractivity contribution in [3.63, 3.8) is 0 Å². The fraction of sp³-hybridized carbons (Fsp3) is 0.207. The minimum Gasteiger partial charge on any atom is -0.454 e. The van der Waals surface area contributed by atoms with Crippen LogP contribution < -0.4 is 10.2 Å². The molecule has 0 fully saturated rings. The molecule has 0 saturated carbocycles. The van der Waals surface area contributed by atoms with Crippen LogP contribution in [0.4, 0.5) is 15.8 Å². The highest BCUT2D eigenvalue weighted by Gasteiger charge is 2.29. The number of anilines is 2. The number of hydrogen-bond donors (Lipinski definition) is 1. The Morgan fingerprint density at radius 3 is 2.78 bits per heavy atom. The molecule has 1 atom stereocenters. The molecule has 0 spiro atoms. The Labute approximate surface area is 242 Å². The predicted molar refractivity (Wildman–Crippen MR) is 153 cm³/mol. The smallest absolute Gasteiger partial charge is 0.291 e. The van der Waals surface area contributed by atoms with Crippen LogP contribution in [0.3, 0.4) is 0 Å². The molecule has 3 aromatic heterocycles. The van der Waals surface area contributed by atoms with E-state index in [0.717, 1.165) is 15.7 Å². The van der Waals surface area contributed by atoms with Gasteiger partial charge in [-0.15, -0.1) is 5.10 Å². The topological polar surface area (TPSA) is 111 Å². The molecule has 2 amide bonds. The summed E-state index contributed by atoms with van der Waals surface area (Å²) in [5.41, 5.74) is 3.36. The molecule has 0 radical (unpaired) electrons. The van der Waals surface area contributed by atoms with E-state index in [2.05, 4.69) is 36.7 Å². The molecule has 1 N–H and O–H groups in total. The van der Waals surface area contributed by atoms with Crippen LogP contribution in [0, 0.1) is 12.7 Å². The maximum absolute atomic E-state index is 15.0. The number of rotatable bonds is 6. The Bertz CT molecular complexity index is 1780. The molecule has 2 aromatic carbocycles. The normalized spacial score (nSPS) is 14.6. The van der Waals surface area contributed by atoms with Crippen molar-refractivity contribution >= 4 is 39.1 Å². The second kappa shape index (κ2) is 10.8. The largest absolute Gasteiger partial charge is 0.454 e. The van der Waals surface area contributed by atoms with Crippen molar-refractivity contribution in [2.24, 2.45) is 0 Å². The summed E-state index contributed by atoms with van der Waals surface area (Å²) < 4.78 is 25.0. The number of aromatic nitrogens is 5. The number of hydrogen-bond acceptors (Lipinski definition) is 6. The van der Waals surface area contributed by atoms with E-state index in [0.29, 0.717) is 42.2 Å². The lowest BCUT2D eigenvalue weighted by atomic mass is 9.96. The molecule has 208 valence electrons. The third kappa shape index (κ3) is 5.30. The molecule has 1 aliphatic rings. The fourth-order valence-electron chi connectivity index (χ4n) is 5.12. The van der Waals surface area contributed by atoms with E-state index in [-0.39, 0.29) is 23.3 Å². The van der Waals surface area contributed by atoms with E-state index in [1.165, 1.54) is 18.2 Å². The molecule has 0 aliphatic carbocycles. The van der Waals surface area contributed by atoms with Crippen LogP contribution in [0.1, 0.15) is 46.8 Å². The first-order valence-corrected chi connectivity index (χ1v) is 13.7. The second-order valence-corrected chi connectivity index (χ2v) is 10.8. The number of furan rings is 1. The van der Waals surface area contributed by atoms with Gasteiger partial charge in [-0.05, 0) is 59.6 Å². The maximum Gasteiger partial charge on any atom is 0.291 e. The number of benzene rings is 2. The fourth-order valence-corrected chi connectivity index (χ4v) is 5.45. The van der Waals surface area contributed by atoms with Gasteiger partial charge in [0.1, 0.15) is 17.3 Å². The van der Waals surface area contributed by atoms with Crippen molar-refractivity contribution in [2.75, 3.05) is 16.8 Å². The van der Waals surface area contributed by atoms with Crippen LogP contribution in [0.15, 0.2) is 76.0 Å². The van der Waals surface area contributed by atoms with Crippen LogP contribution >= 0.6 is 15.9 Å². The SMILES string of the molecule is CC(=O)N1CCC(n2cc(-c3cc(NC(=O)c4oc(Cn5cc(Br)cn5)cc4C)ccc3F)nn2)c2ccccc21. The lowest BCUT2D eigenvalue weighted by Gasteiger charge is -2.33. The second-order valence-electron chi connectivity index (χ2n) is 9.85. The summed E-state index contributed by atoms with van der Waals surface area (Å²) in [4.78, 5) is 26.9. The minimum atomic E-state index is -0.497. The van der Waals surface area contributed by atoms with Gasteiger partial charge in [0, 0.05) is 47.7 Å². The third-order valence-electron chi connectivity index (χ3n) is 7.02. The predicted octanol–water partition coefficient (Wildman–Crippen LogP) is 5.59. The van der Waals surface area contributed by atoms with Crippen molar-refractivity contribution in [3.8, 4) is 11.3 Å². The first-order chi connectivity index (χ1) is 19.8. The molecule has 6 rings (SSSR count). The van der Waals surface area contributed by atoms with Crippen LogP contribution in [0.25, 0.3) is 11.3 Å². The van der Waals surface area contributed by atoms with E-state index in [1.807, 2.05) is 30.5 Å². The molecule has 5 aromatic rings. The number of nitrogens with one attached hydrogen (secondary N) is 1. The first-order valence-electron chi connectivity index (χ1n) is 12.9. The molecule has 1 aliphatic heterocycles. The first kappa shape index (κ1) is 26.6. The minimum absolute atomic E-state index is 0.0248. The van der Waals surface area contributed by atoms with Crippen molar-refractivity contribution in [2.45, 2.75) is 32.9 Å². The van der Waals surface area contributed by atoms with Crippen molar-refractivity contribution in [1.82, 2.24) is 24.8 Å². The average Bonchev–Trinajstić information content (AvgIpc) is 3.69. The zero-order valence-electron chi connectivity index (χ0n) is 22.2. The Hall–Kier alpha value is -4.58. The number of halogens is 2. The van der Waals surface area contributed by atoms with Crippen molar-refractivity contribution < 1.29 is 18.4 Å². The standard InChI is InChI=1S/C29H25BrFN7O3/c1-17-11-21(15-36-14-19(30)13-32-36)41-28(17)29(40)33-20-7-8-24(31)23(12-20)25-16-38(35-34-25)27-9-10-37(18(2)39)26-6-4-3-5-22(26)27/h3-8,11-14,16,27H,9-10,15H2,1-2H3,(H,33,40). The highest BCUT2D eigenvalue weighted by Crippen LogP contribution is 2.36. The number of amides is 2. The van der Waals surface area contributed by atoms with Gasteiger partial charge < -0.3 is 14.6 Å². The Morgan fingerprint density at radius 2 is 2.00 bits per heavy atom. The van der Waals surface area contributed by atoms with Gasteiger partial charge in [0.25, 0.3) is 5.91 Å². The summed E-state index contributed by atoms with van der Waals surface area (Å²) in [6.07, 6.45) is 5.80. The number of carbonyl (C=O) groups is 2. The summed E-state index contributed by atoms with van der Waals surface area (Å²) in [7, 11) is 0. The molecular formula is C29H25BrFN7O3. The number of para-hydroxylation sites is 1. The zero-order valence-corrected chi connectivity index (χ0v) is 23.8. The summed E-state index contributed by atoms with van der Waals surface area (Å²) in [6, 6.07) is 13.6. The Morgan fingerprint density at radius 1 is 1.17 bits per heavy atom. The lowest BCUT2D eigenvalue weighted by molar-refractivity contribution is -0.116. The molecule has 0 saturated heterocycles. The van der Waals surface area contributed by atoms with Crippen molar-refractivity contribution in [3.05, 3.63) is 100 Å². The number of nitrogens with zero attached hydrogens (tertiary/aromatic N) is 6. The average molecular weight is 618 g/mol. The number of aryl methyl sites for hydroxylation is 1. The van der Waals surface area contributed by atoms with Gasteiger partial charge >= 0.3 is 0 Å². The number of fused-ring (bicyclic) bond motifs is 1. The van der Waals surface area contributed by atoms with Gasteiger partial charge in [0.2, 0.25) is 5.91 Å². The van der Waals surface area contributed by atoms with Gasteiger partial charge in [-0.25, -0.2) is 9.07 Å². The van der Waals surface area contributed by atoms with Crippen molar-refractivity contribution in [1.29, 1.82) is 0 Å². The Balaban J connectivity index is 1.22. The summed E-state index contributed by atoms with van der Waals surface area (Å²) in [6.45, 7) is 4.24. The van der Waals surface area contributed by atoms with E-state index in [4.69, 9.17) is 4.42 Å². The highest BCUT2D eigenvalue weighted by atomic mass is 79.9. The molecule has 12 heteroatoms. The van der Waals surface area contributed by atoms with E-state index < -0.39 is 11.7 Å². The number of carbonyl (C=O) groups excluding carboxylic acids is 2. The molecular weight excluding hydrogens is 593 g/mol. The Kier molecular flexibility index (Phi) is 7.00. The highest BCUT2D eigenvalue weighted by molar-refractivity contribution is 9.10. The van der Waals surface area contributed by atoms with Crippen LogP contribution in [0.2, 0.25) is 0 Å². The van der Waals surface area contributed by atoms with Crippen LogP contribution in [0.5, 0.6) is 0 Å². The molecule has 41 heavy (non-hydrogen) atoms. The summed E-state index contributed by atoms with van der Waals surface area (Å²) >= 11 is 3.36. The maximum atomic E-state index is 15.0. The van der Waals surface area contributed by atoms with Gasteiger partial charge in [0.15, 0.2) is 5.76 Å². The molecule has 10 nitrogen and oxygen atoms in total. The zero-order chi connectivity index (χ0) is 28.7. The van der Waals surface area contributed by atoms with Gasteiger partial charge in [-0.2, -0.15) is 5.10 Å². The van der Waals surface area contributed by atoms with E-state index >= 15 is 0 Å². The molecule has 0 bridgehead atoms. The van der Waals surface area contributed by atoms with Gasteiger partial charge in [-0.3, -0.25) is 14.3 Å². The summed E-state index contributed by atoms with van der Waals surface area (Å²) in [5.74, 6) is -0.230.